The van der Waals surface area contributed by atoms with Crippen molar-refractivity contribution in [3.8, 4) is 0 Å². The summed E-state index contributed by atoms with van der Waals surface area (Å²) in [5.41, 5.74) is 2.09. The van der Waals surface area contributed by atoms with Gasteiger partial charge in [-0.15, -0.1) is 22.9 Å². The van der Waals surface area contributed by atoms with Crippen molar-refractivity contribution in [1.29, 1.82) is 0 Å². The predicted molar refractivity (Wildman–Crippen MR) is 87.5 cm³/mol. The molecule has 6 heteroatoms. The molecule has 0 aliphatic carbocycles. The number of halogens is 2. The Morgan fingerprint density at radius 2 is 2.30 bits per heavy atom. The van der Waals surface area contributed by atoms with Crippen molar-refractivity contribution in [2.45, 2.75) is 25.3 Å². The van der Waals surface area contributed by atoms with Gasteiger partial charge in [-0.05, 0) is 18.2 Å². The Morgan fingerprint density at radius 3 is 3.00 bits per heavy atom. The molecule has 2 heterocycles. The van der Waals surface area contributed by atoms with E-state index in [-0.39, 0.29) is 0 Å². The molecule has 0 saturated heterocycles. The number of thiazole rings is 1. The monoisotopic (exact) mass is 369 g/mol. The number of rotatable bonds is 4. The fraction of sp³-hybridized carbons (Fsp3) is 0.286. The van der Waals surface area contributed by atoms with Crippen LogP contribution in [-0.4, -0.2) is 14.5 Å². The smallest absolute Gasteiger partial charge is 0.124 e. The molecule has 0 radical (unpaired) electrons. The summed E-state index contributed by atoms with van der Waals surface area (Å²) in [5.74, 6) is 1.66. The number of fused-ring (bicyclic) bond motifs is 1. The largest absolute Gasteiger partial charge is 0.326 e. The zero-order chi connectivity index (χ0) is 14.1. The molecule has 3 aromatic rings. The van der Waals surface area contributed by atoms with Crippen LogP contribution in [0.5, 0.6) is 0 Å². The van der Waals surface area contributed by atoms with Crippen LogP contribution in [0.1, 0.15) is 23.7 Å². The molecule has 0 bridgehead atoms. The highest BCUT2D eigenvalue weighted by Gasteiger charge is 2.15. The fourth-order valence-electron chi connectivity index (χ4n) is 2.28. The molecule has 1 atom stereocenters. The van der Waals surface area contributed by atoms with E-state index in [1.165, 1.54) is 0 Å². The van der Waals surface area contributed by atoms with E-state index in [1.807, 2.05) is 23.7 Å². The second kappa shape index (κ2) is 5.84. The van der Waals surface area contributed by atoms with Gasteiger partial charge in [-0.1, -0.05) is 22.9 Å². The average Bonchev–Trinajstić information content (AvgIpc) is 3.07. The minimum absolute atomic E-state index is 0.341. The number of hydrogen-bond donors (Lipinski definition) is 0. The predicted octanol–water partition coefficient (Wildman–Crippen LogP) is 4.80. The molecule has 20 heavy (non-hydrogen) atoms. The third-order valence-corrected chi connectivity index (χ3v) is 4.98. The quantitative estimate of drug-likeness (QED) is 0.618. The summed E-state index contributed by atoms with van der Waals surface area (Å²) in [5, 5.41) is 3.15. The topological polar surface area (TPSA) is 30.7 Å². The van der Waals surface area contributed by atoms with Crippen molar-refractivity contribution in [2.24, 2.45) is 0 Å². The molecule has 0 N–H and O–H groups in total. The molecule has 3 nitrogen and oxygen atoms in total. The van der Waals surface area contributed by atoms with Gasteiger partial charge in [-0.3, -0.25) is 0 Å². The van der Waals surface area contributed by atoms with Gasteiger partial charge in [0.2, 0.25) is 0 Å². The maximum atomic E-state index is 6.04. The summed E-state index contributed by atoms with van der Waals surface area (Å²) >= 11 is 11.2. The van der Waals surface area contributed by atoms with Gasteiger partial charge >= 0.3 is 0 Å². The second-order valence-corrected chi connectivity index (χ2v) is 6.79. The Morgan fingerprint density at radius 1 is 1.45 bits per heavy atom. The van der Waals surface area contributed by atoms with Gasteiger partial charge < -0.3 is 4.57 Å². The van der Waals surface area contributed by atoms with Gasteiger partial charge in [-0.2, -0.15) is 0 Å². The SMILES string of the molecule is CC(Cn1c(CCl)nc2ccc(Br)cc21)c1nccs1. The van der Waals surface area contributed by atoms with Crippen molar-refractivity contribution in [3.05, 3.63) is 45.1 Å². The van der Waals surface area contributed by atoms with Gasteiger partial charge in [0, 0.05) is 28.5 Å². The number of alkyl halides is 1. The van der Waals surface area contributed by atoms with Gasteiger partial charge in [-0.25, -0.2) is 9.97 Å². The van der Waals surface area contributed by atoms with Crippen LogP contribution in [0.25, 0.3) is 11.0 Å². The Kier molecular flexibility index (Phi) is 4.10. The van der Waals surface area contributed by atoms with E-state index in [1.54, 1.807) is 11.3 Å². The Labute approximate surface area is 134 Å². The molecular formula is C14H13BrClN3S. The fourth-order valence-corrected chi connectivity index (χ4v) is 3.52. The number of aromatic nitrogens is 3. The van der Waals surface area contributed by atoms with Crippen LogP contribution in [0.15, 0.2) is 34.2 Å². The summed E-state index contributed by atoms with van der Waals surface area (Å²) in [6.07, 6.45) is 1.85. The van der Waals surface area contributed by atoms with Crippen LogP contribution in [0.4, 0.5) is 0 Å². The van der Waals surface area contributed by atoms with Crippen LogP contribution < -0.4 is 0 Å². The van der Waals surface area contributed by atoms with Gasteiger partial charge in [0.25, 0.3) is 0 Å². The molecule has 0 fully saturated rings. The highest BCUT2D eigenvalue weighted by atomic mass is 79.9. The lowest BCUT2D eigenvalue weighted by Crippen LogP contribution is -2.09. The summed E-state index contributed by atoms with van der Waals surface area (Å²) in [4.78, 5) is 8.99. The molecule has 0 saturated carbocycles. The van der Waals surface area contributed by atoms with Gasteiger partial charge in [0.15, 0.2) is 0 Å². The summed E-state index contributed by atoms with van der Waals surface area (Å²) in [6.45, 7) is 3.02. The molecule has 1 aromatic carbocycles. The minimum atomic E-state index is 0.341. The third-order valence-electron chi connectivity index (χ3n) is 3.24. The zero-order valence-corrected chi connectivity index (χ0v) is 14.0. The molecule has 104 valence electrons. The lowest BCUT2D eigenvalue weighted by molar-refractivity contribution is 0.592. The average molecular weight is 371 g/mol. The first-order valence-corrected chi connectivity index (χ1v) is 8.49. The third kappa shape index (κ3) is 2.62. The van der Waals surface area contributed by atoms with Crippen molar-refractivity contribution in [2.75, 3.05) is 0 Å². The van der Waals surface area contributed by atoms with E-state index in [9.17, 15) is 0 Å². The Hall–Kier alpha value is -0.910. The number of imidazole rings is 1. The zero-order valence-electron chi connectivity index (χ0n) is 10.9. The standard InChI is InChI=1S/C14H13BrClN3S/c1-9(14-17-4-5-20-14)8-19-12-6-10(15)2-3-11(12)18-13(19)7-16/h2-6,9H,7-8H2,1H3. The van der Waals surface area contributed by atoms with Crippen molar-refractivity contribution in [1.82, 2.24) is 14.5 Å². The lowest BCUT2D eigenvalue weighted by Gasteiger charge is -2.12. The molecule has 0 spiro atoms. The number of nitrogens with zero attached hydrogens (tertiary/aromatic N) is 3. The van der Waals surface area contributed by atoms with Crippen LogP contribution in [0.2, 0.25) is 0 Å². The first kappa shape index (κ1) is 14.0. The van der Waals surface area contributed by atoms with Crippen LogP contribution in [-0.2, 0) is 12.4 Å². The van der Waals surface area contributed by atoms with Crippen molar-refractivity contribution >= 4 is 49.9 Å². The number of hydrogen-bond acceptors (Lipinski definition) is 3. The van der Waals surface area contributed by atoms with E-state index in [0.29, 0.717) is 11.8 Å². The second-order valence-electron chi connectivity index (χ2n) is 4.68. The van der Waals surface area contributed by atoms with E-state index >= 15 is 0 Å². The highest BCUT2D eigenvalue weighted by molar-refractivity contribution is 9.10. The first-order valence-electron chi connectivity index (χ1n) is 6.29. The van der Waals surface area contributed by atoms with E-state index in [2.05, 4.69) is 43.5 Å². The van der Waals surface area contributed by atoms with Gasteiger partial charge in [0.1, 0.15) is 5.82 Å². The molecule has 0 amide bonds. The van der Waals surface area contributed by atoms with E-state index < -0.39 is 0 Å². The van der Waals surface area contributed by atoms with Crippen LogP contribution in [0, 0.1) is 0 Å². The van der Waals surface area contributed by atoms with E-state index in [0.717, 1.165) is 32.9 Å². The molecule has 2 aromatic heterocycles. The van der Waals surface area contributed by atoms with Gasteiger partial charge in [0.05, 0.1) is 21.9 Å². The van der Waals surface area contributed by atoms with Crippen molar-refractivity contribution < 1.29 is 0 Å². The molecule has 1 unspecified atom stereocenters. The molecule has 0 aliphatic rings. The molecular weight excluding hydrogens is 358 g/mol. The van der Waals surface area contributed by atoms with Crippen LogP contribution >= 0.6 is 38.9 Å². The Bertz CT molecular complexity index is 723. The highest BCUT2D eigenvalue weighted by Crippen LogP contribution is 2.26. The van der Waals surface area contributed by atoms with Crippen molar-refractivity contribution in [3.63, 3.8) is 0 Å². The summed E-state index contributed by atoms with van der Waals surface area (Å²) < 4.78 is 3.24. The summed E-state index contributed by atoms with van der Waals surface area (Å²) in [6, 6.07) is 6.11. The maximum Gasteiger partial charge on any atom is 0.124 e. The summed E-state index contributed by atoms with van der Waals surface area (Å²) in [7, 11) is 0. The number of benzene rings is 1. The normalized spacial score (nSPS) is 12.9. The molecule has 3 rings (SSSR count). The minimum Gasteiger partial charge on any atom is -0.326 e. The lowest BCUT2D eigenvalue weighted by atomic mass is 10.2. The molecule has 0 aliphatic heterocycles. The van der Waals surface area contributed by atoms with Crippen LogP contribution in [0.3, 0.4) is 0 Å². The Balaban J connectivity index is 2.03. The first-order chi connectivity index (χ1) is 9.69. The maximum absolute atomic E-state index is 6.04. The van der Waals surface area contributed by atoms with E-state index in [4.69, 9.17) is 11.6 Å².